The Hall–Kier alpha value is -3.55. The summed E-state index contributed by atoms with van der Waals surface area (Å²) in [4.78, 5) is 19.0. The lowest BCUT2D eigenvalue weighted by Gasteiger charge is -2.20. The van der Waals surface area contributed by atoms with Crippen molar-refractivity contribution < 1.29 is 26.8 Å². The third-order valence-electron chi connectivity index (χ3n) is 5.46. The van der Waals surface area contributed by atoms with Gasteiger partial charge in [0.2, 0.25) is 5.89 Å². The molecule has 1 aliphatic heterocycles. The summed E-state index contributed by atoms with van der Waals surface area (Å²) in [5.74, 6) is 0.447. The summed E-state index contributed by atoms with van der Waals surface area (Å²) in [7, 11) is 0. The van der Waals surface area contributed by atoms with Crippen molar-refractivity contribution in [3.8, 4) is 11.1 Å². The molecule has 1 aliphatic rings. The van der Waals surface area contributed by atoms with Crippen LogP contribution in [0.25, 0.3) is 22.2 Å². The first kappa shape index (κ1) is 19.4. The number of benzene rings is 2. The van der Waals surface area contributed by atoms with Crippen LogP contribution in [0.15, 0.2) is 69.7 Å². The monoisotopic (exact) mass is 426 g/mol. The first-order valence-corrected chi connectivity index (χ1v) is 9.83. The fourth-order valence-corrected chi connectivity index (χ4v) is 3.95. The summed E-state index contributed by atoms with van der Waals surface area (Å²) in [6, 6.07) is 13.2. The molecule has 8 heteroatoms. The van der Waals surface area contributed by atoms with Gasteiger partial charge in [-0.3, -0.25) is 4.79 Å². The number of hydrogen-bond donors (Lipinski definition) is 0. The summed E-state index contributed by atoms with van der Waals surface area (Å²) < 4.78 is 50.3. The molecule has 5 nitrogen and oxygen atoms in total. The lowest BCUT2D eigenvalue weighted by atomic mass is 10.0. The van der Waals surface area contributed by atoms with Crippen LogP contribution >= 0.6 is 0 Å². The molecule has 1 saturated heterocycles. The molecule has 1 atom stereocenters. The second kappa shape index (κ2) is 7.30. The minimum absolute atomic E-state index is 0.223. The Morgan fingerprint density at radius 2 is 1.90 bits per heavy atom. The largest absolute Gasteiger partial charge is 0.459 e. The Morgan fingerprint density at radius 3 is 2.68 bits per heavy atom. The average Bonchev–Trinajstić information content (AvgIpc) is 3.52. The summed E-state index contributed by atoms with van der Waals surface area (Å²) >= 11 is 0. The summed E-state index contributed by atoms with van der Waals surface area (Å²) in [5.41, 5.74) is 1.39. The van der Waals surface area contributed by atoms with Crippen molar-refractivity contribution in [2.75, 3.05) is 6.54 Å². The minimum Gasteiger partial charge on any atom is -0.459 e. The van der Waals surface area contributed by atoms with Crippen molar-refractivity contribution >= 4 is 17.0 Å². The smallest absolute Gasteiger partial charge is 0.416 e. The fraction of sp³-hybridized carbons (Fsp3) is 0.217. The van der Waals surface area contributed by atoms with Crippen LogP contribution in [0, 0.1) is 0 Å². The number of aromatic nitrogens is 1. The van der Waals surface area contributed by atoms with Gasteiger partial charge < -0.3 is 13.7 Å². The van der Waals surface area contributed by atoms with Crippen LogP contribution in [0.5, 0.6) is 0 Å². The van der Waals surface area contributed by atoms with Gasteiger partial charge in [0.05, 0.1) is 11.8 Å². The fourth-order valence-electron chi connectivity index (χ4n) is 3.95. The summed E-state index contributed by atoms with van der Waals surface area (Å²) in [5, 5.41) is 0. The molecule has 5 rings (SSSR count). The number of halogens is 3. The van der Waals surface area contributed by atoms with Crippen molar-refractivity contribution in [2.45, 2.75) is 25.1 Å². The van der Waals surface area contributed by atoms with Gasteiger partial charge in [-0.2, -0.15) is 13.2 Å². The topological polar surface area (TPSA) is 59.5 Å². The number of alkyl halides is 3. The molecule has 3 heterocycles. The first-order valence-electron chi connectivity index (χ1n) is 9.83. The molecular formula is C23H17F3N2O3. The first-order chi connectivity index (χ1) is 14.9. The van der Waals surface area contributed by atoms with Gasteiger partial charge in [-0.1, -0.05) is 18.2 Å². The Morgan fingerprint density at radius 1 is 1.06 bits per heavy atom. The number of hydrogen-bond acceptors (Lipinski definition) is 4. The van der Waals surface area contributed by atoms with Crippen molar-refractivity contribution in [1.82, 2.24) is 9.88 Å². The lowest BCUT2D eigenvalue weighted by molar-refractivity contribution is -0.137. The molecule has 31 heavy (non-hydrogen) atoms. The molecular weight excluding hydrogens is 409 g/mol. The Kier molecular flexibility index (Phi) is 4.57. The van der Waals surface area contributed by atoms with E-state index >= 15 is 0 Å². The second-order valence-electron chi connectivity index (χ2n) is 7.45. The van der Waals surface area contributed by atoms with E-state index < -0.39 is 11.7 Å². The van der Waals surface area contributed by atoms with Gasteiger partial charge in [-0.05, 0) is 60.4 Å². The van der Waals surface area contributed by atoms with E-state index in [1.165, 1.54) is 12.3 Å². The minimum atomic E-state index is -4.41. The molecule has 0 aliphatic carbocycles. The number of amides is 1. The van der Waals surface area contributed by atoms with E-state index in [1.54, 1.807) is 41.3 Å². The standard InChI is InChI=1S/C23H17F3N2O3/c24-23(25,26)16-5-1-4-14(12-16)15-8-9-19-17(13-15)27-21(31-19)18-6-2-10-28(18)22(29)20-7-3-11-30-20/h1,3-5,7-9,11-13,18H,2,6,10H2/t18-/m0/s1. The second-order valence-corrected chi connectivity index (χ2v) is 7.45. The van der Waals surface area contributed by atoms with Crippen LogP contribution < -0.4 is 0 Å². The van der Waals surface area contributed by atoms with Gasteiger partial charge in [0.25, 0.3) is 5.91 Å². The van der Waals surface area contributed by atoms with E-state index in [2.05, 4.69) is 4.98 Å². The van der Waals surface area contributed by atoms with Crippen molar-refractivity contribution in [3.63, 3.8) is 0 Å². The van der Waals surface area contributed by atoms with Crippen LogP contribution in [0.3, 0.4) is 0 Å². The number of likely N-dealkylation sites (tertiary alicyclic amines) is 1. The molecule has 0 bridgehead atoms. The maximum absolute atomic E-state index is 13.1. The van der Waals surface area contributed by atoms with Gasteiger partial charge in [0.1, 0.15) is 11.6 Å². The zero-order chi connectivity index (χ0) is 21.6. The molecule has 0 spiro atoms. The van der Waals surface area contributed by atoms with E-state index in [-0.39, 0.29) is 17.7 Å². The maximum Gasteiger partial charge on any atom is 0.416 e. The van der Waals surface area contributed by atoms with E-state index in [9.17, 15) is 18.0 Å². The van der Waals surface area contributed by atoms with Crippen molar-refractivity contribution in [3.05, 3.63) is 78.1 Å². The number of rotatable bonds is 3. The molecule has 0 unspecified atom stereocenters. The van der Waals surface area contributed by atoms with Crippen LogP contribution in [-0.4, -0.2) is 22.3 Å². The SMILES string of the molecule is O=C(c1ccco1)N1CCC[C@H]1c1nc2cc(-c3cccc(C(F)(F)F)c3)ccc2o1. The van der Waals surface area contributed by atoms with Crippen molar-refractivity contribution in [1.29, 1.82) is 0 Å². The molecule has 1 amide bonds. The predicted octanol–water partition coefficient (Wildman–Crippen LogP) is 6.08. The Bertz CT molecular complexity index is 1240. The molecule has 2 aromatic heterocycles. The number of fused-ring (bicyclic) bond motifs is 1. The highest BCUT2D eigenvalue weighted by atomic mass is 19.4. The lowest BCUT2D eigenvalue weighted by Crippen LogP contribution is -2.30. The van der Waals surface area contributed by atoms with Gasteiger partial charge in [-0.15, -0.1) is 0 Å². The zero-order valence-electron chi connectivity index (χ0n) is 16.2. The number of nitrogens with zero attached hydrogens (tertiary/aromatic N) is 2. The van der Waals surface area contributed by atoms with Crippen LogP contribution in [0.4, 0.5) is 13.2 Å². The predicted molar refractivity (Wildman–Crippen MR) is 106 cm³/mol. The van der Waals surface area contributed by atoms with E-state index in [4.69, 9.17) is 8.83 Å². The Labute approximate surface area is 175 Å². The molecule has 0 radical (unpaired) electrons. The number of carbonyl (C=O) groups is 1. The quantitative estimate of drug-likeness (QED) is 0.398. The zero-order valence-corrected chi connectivity index (χ0v) is 16.2. The molecule has 4 aromatic rings. The molecule has 158 valence electrons. The van der Waals surface area contributed by atoms with Crippen LogP contribution in [0.2, 0.25) is 0 Å². The number of carbonyl (C=O) groups excluding carboxylic acids is 1. The number of furan rings is 1. The average molecular weight is 426 g/mol. The van der Waals surface area contributed by atoms with E-state index in [0.717, 1.165) is 18.6 Å². The van der Waals surface area contributed by atoms with Crippen LogP contribution in [-0.2, 0) is 6.18 Å². The van der Waals surface area contributed by atoms with E-state index in [0.29, 0.717) is 41.1 Å². The maximum atomic E-state index is 13.1. The van der Waals surface area contributed by atoms with Gasteiger partial charge in [-0.25, -0.2) is 4.98 Å². The normalized spacial score (nSPS) is 16.9. The molecule has 2 aromatic carbocycles. The van der Waals surface area contributed by atoms with E-state index in [1.807, 2.05) is 0 Å². The molecule has 0 saturated carbocycles. The summed E-state index contributed by atoms with van der Waals surface area (Å²) in [6.07, 6.45) is -1.44. The van der Waals surface area contributed by atoms with Gasteiger partial charge >= 0.3 is 6.18 Å². The molecule has 0 N–H and O–H groups in total. The highest BCUT2D eigenvalue weighted by Gasteiger charge is 2.35. The van der Waals surface area contributed by atoms with Crippen LogP contribution in [0.1, 0.15) is 40.9 Å². The van der Waals surface area contributed by atoms with Gasteiger partial charge in [0.15, 0.2) is 11.3 Å². The summed E-state index contributed by atoms with van der Waals surface area (Å²) in [6.45, 7) is 0.568. The van der Waals surface area contributed by atoms with Crippen molar-refractivity contribution in [2.24, 2.45) is 0 Å². The highest BCUT2D eigenvalue weighted by molar-refractivity contribution is 5.92. The Balaban J connectivity index is 1.47. The third kappa shape index (κ3) is 3.58. The van der Waals surface area contributed by atoms with Gasteiger partial charge in [0, 0.05) is 6.54 Å². The molecule has 1 fully saturated rings. The highest BCUT2D eigenvalue weighted by Crippen LogP contribution is 2.36. The third-order valence-corrected chi connectivity index (χ3v) is 5.46. The number of oxazole rings is 1.